The van der Waals surface area contributed by atoms with Gasteiger partial charge in [0.05, 0.1) is 6.10 Å². The molecule has 0 radical (unpaired) electrons. The van der Waals surface area contributed by atoms with E-state index >= 15 is 0 Å². The van der Waals surface area contributed by atoms with Gasteiger partial charge in [0.25, 0.3) is 10.0 Å². The number of aryl methyl sites for hydroxylation is 1. The van der Waals surface area contributed by atoms with Crippen LogP contribution in [-0.2, 0) is 21.3 Å². The molecule has 118 valence electrons. The topological polar surface area (TPSA) is 96.1 Å². The van der Waals surface area contributed by atoms with Crippen LogP contribution in [-0.4, -0.2) is 43.9 Å². The zero-order chi connectivity index (χ0) is 14.9. The van der Waals surface area contributed by atoms with E-state index in [1.54, 1.807) is 0 Å². The highest BCUT2D eigenvalue weighted by molar-refractivity contribution is 7.89. The third kappa shape index (κ3) is 3.63. The highest BCUT2D eigenvalue weighted by Crippen LogP contribution is 2.22. The molecule has 3 rings (SSSR count). The first-order chi connectivity index (χ1) is 10.1. The highest BCUT2D eigenvalue weighted by Gasteiger charge is 2.27. The van der Waals surface area contributed by atoms with E-state index in [-0.39, 0.29) is 11.1 Å². The van der Waals surface area contributed by atoms with E-state index in [0.29, 0.717) is 25.7 Å². The third-order valence-corrected chi connectivity index (χ3v) is 5.35. The van der Waals surface area contributed by atoms with Gasteiger partial charge in [-0.05, 0) is 32.6 Å². The van der Waals surface area contributed by atoms with Crippen LogP contribution >= 0.6 is 0 Å². The molecule has 2 aliphatic rings. The van der Waals surface area contributed by atoms with Gasteiger partial charge in [0.1, 0.15) is 0 Å². The van der Waals surface area contributed by atoms with Gasteiger partial charge in [-0.1, -0.05) is 0 Å². The Balaban J connectivity index is 1.68. The minimum absolute atomic E-state index is 0.0205. The van der Waals surface area contributed by atoms with E-state index in [9.17, 15) is 8.42 Å². The molecule has 3 N–H and O–H groups in total. The van der Waals surface area contributed by atoms with Crippen LogP contribution in [0.2, 0.25) is 0 Å². The number of ether oxygens (including phenoxy) is 1. The van der Waals surface area contributed by atoms with Crippen LogP contribution in [0.15, 0.2) is 5.03 Å². The van der Waals surface area contributed by atoms with Crippen molar-refractivity contribution in [3.05, 3.63) is 11.3 Å². The van der Waals surface area contributed by atoms with Gasteiger partial charge >= 0.3 is 0 Å². The van der Waals surface area contributed by atoms with Crippen molar-refractivity contribution < 1.29 is 13.2 Å². The summed E-state index contributed by atoms with van der Waals surface area (Å²) >= 11 is 0. The zero-order valence-electron chi connectivity index (χ0n) is 12.2. The number of sulfonamides is 1. The Bertz CT molecular complexity index is 589. The van der Waals surface area contributed by atoms with Crippen molar-refractivity contribution in [2.75, 3.05) is 13.2 Å². The normalized spacial score (nSPS) is 22.8. The smallest absolute Gasteiger partial charge is 0.260 e. The van der Waals surface area contributed by atoms with E-state index in [1.165, 1.54) is 0 Å². The molecule has 2 heterocycles. The largest absolute Gasteiger partial charge is 0.377 e. The fraction of sp³-hybridized carbons (Fsp3) is 0.769. The Morgan fingerprint density at radius 3 is 2.86 bits per heavy atom. The second kappa shape index (κ2) is 6.04. The van der Waals surface area contributed by atoms with Crippen molar-refractivity contribution in [2.24, 2.45) is 0 Å². The molecule has 1 saturated carbocycles. The molecule has 0 spiro atoms. The first-order valence-electron chi connectivity index (χ1n) is 7.45. The van der Waals surface area contributed by atoms with Gasteiger partial charge in [-0.15, -0.1) is 0 Å². The number of nitrogens with one attached hydrogen (secondary N) is 3. The molecule has 1 aromatic rings. The lowest BCUT2D eigenvalue weighted by Crippen LogP contribution is -2.33. The second-order valence-electron chi connectivity index (χ2n) is 5.77. The maximum atomic E-state index is 12.4. The standard InChI is InChI=1S/C13H22N4O3S/c1-9-12(8-14-10-4-5-10)13(17-16-9)21(18,19)15-7-11-3-2-6-20-11/h10-11,14-15H,2-8H2,1H3,(H,16,17). The van der Waals surface area contributed by atoms with Crippen LogP contribution in [0.1, 0.15) is 36.9 Å². The van der Waals surface area contributed by atoms with Crippen molar-refractivity contribution in [1.29, 1.82) is 0 Å². The monoisotopic (exact) mass is 314 g/mol. The van der Waals surface area contributed by atoms with Crippen LogP contribution in [0.4, 0.5) is 0 Å². The third-order valence-electron chi connectivity index (χ3n) is 3.96. The summed E-state index contributed by atoms with van der Waals surface area (Å²) in [5, 5.41) is 10.2. The summed E-state index contributed by atoms with van der Waals surface area (Å²) in [4.78, 5) is 0. The van der Waals surface area contributed by atoms with Gasteiger partial charge < -0.3 is 10.1 Å². The molecule has 1 aliphatic heterocycles. The first-order valence-corrected chi connectivity index (χ1v) is 8.93. The van der Waals surface area contributed by atoms with Gasteiger partial charge in [0, 0.05) is 37.0 Å². The maximum Gasteiger partial charge on any atom is 0.260 e. The Morgan fingerprint density at radius 2 is 2.19 bits per heavy atom. The summed E-state index contributed by atoms with van der Waals surface area (Å²) in [6.07, 6.45) is 4.20. The highest BCUT2D eigenvalue weighted by atomic mass is 32.2. The lowest BCUT2D eigenvalue weighted by atomic mass is 10.2. The summed E-state index contributed by atoms with van der Waals surface area (Å²) in [6, 6.07) is 0.523. The molecule has 1 unspecified atom stereocenters. The van der Waals surface area contributed by atoms with E-state index in [0.717, 1.165) is 36.9 Å². The molecule has 2 fully saturated rings. The quantitative estimate of drug-likeness (QED) is 0.678. The van der Waals surface area contributed by atoms with Crippen molar-refractivity contribution in [2.45, 2.75) is 56.3 Å². The summed E-state index contributed by atoms with van der Waals surface area (Å²) in [5.41, 5.74) is 1.52. The summed E-state index contributed by atoms with van der Waals surface area (Å²) in [5.74, 6) is 0. The molecule has 1 saturated heterocycles. The minimum Gasteiger partial charge on any atom is -0.377 e. The van der Waals surface area contributed by atoms with Crippen LogP contribution in [0.3, 0.4) is 0 Å². The number of H-pyrrole nitrogens is 1. The van der Waals surface area contributed by atoms with E-state index in [1.807, 2.05) is 6.92 Å². The van der Waals surface area contributed by atoms with Gasteiger partial charge in [-0.25, -0.2) is 13.1 Å². The van der Waals surface area contributed by atoms with Gasteiger partial charge in [0.2, 0.25) is 0 Å². The molecular formula is C13H22N4O3S. The van der Waals surface area contributed by atoms with Crippen LogP contribution in [0.25, 0.3) is 0 Å². The Hall–Kier alpha value is -0.960. The second-order valence-corrected chi connectivity index (χ2v) is 7.46. The van der Waals surface area contributed by atoms with Crippen molar-refractivity contribution in [3.63, 3.8) is 0 Å². The Morgan fingerprint density at radius 1 is 1.38 bits per heavy atom. The first kappa shape index (κ1) is 15.0. The molecule has 1 atom stereocenters. The molecule has 8 heteroatoms. The van der Waals surface area contributed by atoms with Crippen molar-refractivity contribution in [1.82, 2.24) is 20.2 Å². The van der Waals surface area contributed by atoms with Crippen LogP contribution in [0.5, 0.6) is 0 Å². The Kier molecular flexibility index (Phi) is 4.30. The molecule has 21 heavy (non-hydrogen) atoms. The van der Waals surface area contributed by atoms with E-state index in [4.69, 9.17) is 4.74 Å². The molecule has 1 aliphatic carbocycles. The van der Waals surface area contributed by atoms with Crippen molar-refractivity contribution >= 4 is 10.0 Å². The lowest BCUT2D eigenvalue weighted by molar-refractivity contribution is 0.114. The number of aromatic nitrogens is 2. The van der Waals surface area contributed by atoms with Crippen molar-refractivity contribution in [3.8, 4) is 0 Å². The lowest BCUT2D eigenvalue weighted by Gasteiger charge is -2.11. The number of hydrogen-bond donors (Lipinski definition) is 3. The molecule has 7 nitrogen and oxygen atoms in total. The zero-order valence-corrected chi connectivity index (χ0v) is 13.0. The molecular weight excluding hydrogens is 292 g/mol. The minimum atomic E-state index is -3.60. The summed E-state index contributed by atoms with van der Waals surface area (Å²) < 4.78 is 32.9. The maximum absolute atomic E-state index is 12.4. The molecule has 1 aromatic heterocycles. The number of nitrogens with zero attached hydrogens (tertiary/aromatic N) is 1. The van der Waals surface area contributed by atoms with Crippen LogP contribution in [0, 0.1) is 6.92 Å². The van der Waals surface area contributed by atoms with E-state index in [2.05, 4.69) is 20.2 Å². The summed E-state index contributed by atoms with van der Waals surface area (Å²) in [7, 11) is -3.60. The number of hydrogen-bond acceptors (Lipinski definition) is 5. The van der Waals surface area contributed by atoms with Gasteiger partial charge in [0.15, 0.2) is 5.03 Å². The average Bonchev–Trinajstić information content (AvgIpc) is 2.98. The molecule has 0 bridgehead atoms. The number of rotatable bonds is 7. The fourth-order valence-electron chi connectivity index (χ4n) is 2.47. The molecule has 0 amide bonds. The fourth-order valence-corrected chi connectivity index (χ4v) is 3.73. The molecule has 0 aromatic carbocycles. The SMILES string of the molecule is Cc1[nH]nc(S(=O)(=O)NCC2CCCO2)c1CNC1CC1. The average molecular weight is 314 g/mol. The predicted molar refractivity (Wildman–Crippen MR) is 77.3 cm³/mol. The van der Waals surface area contributed by atoms with Gasteiger partial charge in [-0.3, -0.25) is 5.10 Å². The van der Waals surface area contributed by atoms with Gasteiger partial charge in [-0.2, -0.15) is 5.10 Å². The number of aromatic amines is 1. The van der Waals surface area contributed by atoms with E-state index < -0.39 is 10.0 Å². The Labute approximate surface area is 124 Å². The summed E-state index contributed by atoms with van der Waals surface area (Å²) in [6.45, 7) is 3.40. The predicted octanol–water partition coefficient (Wildman–Crippen LogP) is 0.427. The van der Waals surface area contributed by atoms with Crippen LogP contribution < -0.4 is 10.0 Å².